The number of rotatable bonds is 3. The topological polar surface area (TPSA) is 120 Å². The number of carbonyl (C=O) groups is 3. The number of carboxylic acids is 3. The first-order chi connectivity index (χ1) is 10.7. The summed E-state index contributed by atoms with van der Waals surface area (Å²) in [5, 5.41) is 29.6. The van der Waals surface area contributed by atoms with Crippen LogP contribution in [0.15, 0.2) is 23.6 Å². The number of halogens is 9. The minimum Gasteiger partial charge on any atom is -0.544 e. The van der Waals surface area contributed by atoms with Gasteiger partial charge in [-0.3, -0.25) is 0 Å². The Labute approximate surface area is 236 Å². The molecule has 0 bridgehead atoms. The number of hydrogen-bond acceptors (Lipinski definition) is 6. The van der Waals surface area contributed by atoms with Crippen LogP contribution in [0.2, 0.25) is 0 Å². The summed E-state index contributed by atoms with van der Waals surface area (Å²) >= 11 is 25.4. The van der Waals surface area contributed by atoms with Crippen LogP contribution < -0.4 is 15.3 Å². The molecule has 0 aliphatic heterocycles. The van der Waals surface area contributed by atoms with Gasteiger partial charge >= 0.3 is 25.8 Å². The molecule has 0 spiro atoms. The van der Waals surface area contributed by atoms with Gasteiger partial charge in [-0.15, -0.1) is 0 Å². The maximum atomic E-state index is 9.86. The summed E-state index contributed by atoms with van der Waals surface area (Å²) in [4.78, 5) is 29.6. The molecule has 0 aliphatic rings. The molecule has 138 valence electrons. The number of aliphatic carboxylic acids is 3. The van der Waals surface area contributed by atoms with Crippen molar-refractivity contribution in [1.29, 1.82) is 0 Å². The molecule has 0 saturated carbocycles. The summed E-state index contributed by atoms with van der Waals surface area (Å²) in [5.41, 5.74) is 0. The Morgan fingerprint density at radius 1 is 0.440 bits per heavy atom. The molecule has 0 N–H and O–H groups in total. The van der Waals surface area contributed by atoms with Crippen molar-refractivity contribution in [3.8, 4) is 0 Å². The van der Waals surface area contributed by atoms with E-state index in [0.29, 0.717) is 10.2 Å². The van der Waals surface area contributed by atoms with Crippen LogP contribution in [0.3, 0.4) is 0 Å². The first-order valence-corrected chi connectivity index (χ1v) is 11.6. The third-order valence-corrected chi connectivity index (χ3v) is 8.77. The number of carboxylic acid groups (broad SMARTS) is 3. The fourth-order valence-corrected chi connectivity index (χ4v) is 1.20. The Morgan fingerprint density at radius 2 is 0.560 bits per heavy atom. The Balaban J connectivity index is -0.000000130. The fraction of sp³-hybridized carbons (Fsp3) is 0. The second kappa shape index (κ2) is 20.1. The van der Waals surface area contributed by atoms with Crippen LogP contribution >= 0.6 is 143 Å². The molecule has 0 aromatic heterocycles. The molecule has 16 heteroatoms. The molecule has 0 aliphatic carbocycles. The molecule has 0 heterocycles. The van der Waals surface area contributed by atoms with Gasteiger partial charge in [-0.05, 0) is 143 Å². The molecule has 6 nitrogen and oxygen atoms in total. The van der Waals surface area contributed by atoms with Gasteiger partial charge in [0.2, 0.25) is 0 Å². The molecule has 0 aromatic carbocycles. The van der Waals surface area contributed by atoms with Crippen LogP contribution in [0.1, 0.15) is 0 Å². The van der Waals surface area contributed by atoms with E-state index in [0.717, 1.165) is 0 Å². The third kappa shape index (κ3) is 23.0. The van der Waals surface area contributed by atoms with Crippen molar-refractivity contribution in [1.82, 2.24) is 0 Å². The molecule has 0 aromatic rings. The van der Waals surface area contributed by atoms with E-state index in [9.17, 15) is 29.7 Å². The quantitative estimate of drug-likeness (QED) is 0.402. The Bertz CT molecular complexity index is 493. The van der Waals surface area contributed by atoms with E-state index in [2.05, 4.69) is 143 Å². The van der Waals surface area contributed by atoms with Crippen molar-refractivity contribution in [2.45, 2.75) is 0 Å². The van der Waals surface area contributed by atoms with Gasteiger partial charge in [0.25, 0.3) is 0 Å². The van der Waals surface area contributed by atoms with Gasteiger partial charge in [-0.2, -0.15) is 0 Å². The zero-order valence-corrected chi connectivity index (χ0v) is 28.5. The zero-order chi connectivity index (χ0) is 20.2. The number of carbonyl (C=O) groups excluding carboxylic acids is 3. The second-order valence-corrected chi connectivity index (χ2v) is 12.9. The molecular weight excluding hydrogens is 1040 g/mol. The van der Waals surface area contributed by atoms with Gasteiger partial charge in [-0.1, -0.05) is 0 Å². The van der Waals surface area contributed by atoms with Gasteiger partial charge in [0.1, 0.15) is 0 Å². The smallest absolute Gasteiger partial charge is 0.544 e. The van der Waals surface area contributed by atoms with Crippen LogP contribution in [0, 0.1) is 0 Å². The van der Waals surface area contributed by atoms with Gasteiger partial charge in [-0.25, -0.2) is 0 Å². The van der Waals surface area contributed by atoms with Gasteiger partial charge in [0.15, 0.2) is 0 Å². The largest absolute Gasteiger partial charge is 3.00 e. The Morgan fingerprint density at radius 3 is 0.560 bits per heavy atom. The second-order valence-electron chi connectivity index (χ2n) is 2.59. The average Bonchev–Trinajstić information content (AvgIpc) is 2.45. The molecule has 0 saturated heterocycles. The molecule has 0 rings (SSSR count). The zero-order valence-electron chi connectivity index (χ0n) is 10.9. The molecule has 0 radical (unpaired) electrons. The maximum absolute atomic E-state index is 9.86. The third-order valence-electron chi connectivity index (χ3n) is 1.04. The van der Waals surface area contributed by atoms with Crippen molar-refractivity contribution in [3.05, 3.63) is 23.6 Å². The van der Waals surface area contributed by atoms with Crippen LogP contribution in [0.4, 0.5) is 0 Å². The summed E-state index contributed by atoms with van der Waals surface area (Å²) in [6, 6.07) is 0. The van der Waals surface area contributed by atoms with Crippen LogP contribution in [0.25, 0.3) is 0 Å². The molecule has 25 heavy (non-hydrogen) atoms. The van der Waals surface area contributed by atoms with Crippen molar-refractivity contribution in [2.75, 3.05) is 0 Å². The molecule has 0 fully saturated rings. The van der Waals surface area contributed by atoms with Crippen LogP contribution in [0.5, 0.6) is 0 Å². The SMILES string of the molecule is O=C([O-])C(Br)=C(Br)Br.O=C([O-])C(Br)=C(Br)Br.O=C([O-])C(Br)=C(Br)Br.[In+3]. The van der Waals surface area contributed by atoms with E-state index in [1.54, 1.807) is 0 Å². The summed E-state index contributed by atoms with van der Waals surface area (Å²) in [6.45, 7) is 0. The van der Waals surface area contributed by atoms with Crippen LogP contribution in [-0.4, -0.2) is 43.8 Å². The monoisotopic (exact) mass is 1030 g/mol. The molecule has 0 unspecified atom stereocenters. The van der Waals surface area contributed by atoms with E-state index in [4.69, 9.17) is 0 Å². The standard InChI is InChI=1S/3C3HBr3O2.In/c3*4-1(2(5)6)3(7)8;/h3*(H,7,8);/q;;;+3/p-3. The van der Waals surface area contributed by atoms with Crippen molar-refractivity contribution < 1.29 is 29.7 Å². The minimum absolute atomic E-state index is 0. The van der Waals surface area contributed by atoms with Crippen LogP contribution in [-0.2, 0) is 14.4 Å². The fourth-order valence-electron chi connectivity index (χ4n) is 0.231. The van der Waals surface area contributed by atoms with E-state index in [-0.39, 0.29) is 39.3 Å². The first kappa shape index (κ1) is 35.3. The Kier molecular flexibility index (Phi) is 28.4. The number of hydrogen-bond donors (Lipinski definition) is 0. The van der Waals surface area contributed by atoms with E-state index < -0.39 is 17.9 Å². The van der Waals surface area contributed by atoms with E-state index in [1.807, 2.05) is 0 Å². The van der Waals surface area contributed by atoms with Crippen molar-refractivity contribution in [3.63, 3.8) is 0 Å². The maximum Gasteiger partial charge on any atom is 3.00 e. The predicted octanol–water partition coefficient (Wildman–Crippen LogP) is 2.89. The van der Waals surface area contributed by atoms with Gasteiger partial charge < -0.3 is 29.7 Å². The molecule has 0 amide bonds. The predicted molar refractivity (Wildman–Crippen MR) is 122 cm³/mol. The summed E-state index contributed by atoms with van der Waals surface area (Å²) in [5.74, 6) is -3.77. The van der Waals surface area contributed by atoms with Gasteiger partial charge in [0, 0.05) is 0 Å². The molecule has 0 atom stereocenters. The van der Waals surface area contributed by atoms with Gasteiger partial charge in [0.05, 0.1) is 41.5 Å². The Hall–Kier alpha value is 2.82. The van der Waals surface area contributed by atoms with Crippen molar-refractivity contribution >= 4 is 187 Å². The normalized spacial score (nSPS) is 8.04. The first-order valence-electron chi connectivity index (χ1n) is 4.43. The van der Waals surface area contributed by atoms with Crippen molar-refractivity contribution in [2.24, 2.45) is 0 Å². The average molecular weight is 1040 g/mol. The summed E-state index contributed by atoms with van der Waals surface area (Å²) in [6.07, 6.45) is 0. The summed E-state index contributed by atoms with van der Waals surface area (Å²) < 4.78 is 0.924. The minimum atomic E-state index is -1.26. The summed E-state index contributed by atoms with van der Waals surface area (Å²) in [7, 11) is 0. The van der Waals surface area contributed by atoms with E-state index in [1.165, 1.54) is 0 Å². The molecular formula is C9Br9InO6. The van der Waals surface area contributed by atoms with E-state index >= 15 is 0 Å².